The third-order valence-electron chi connectivity index (χ3n) is 7.03. The van der Waals surface area contributed by atoms with Gasteiger partial charge in [0.05, 0.1) is 25.9 Å². The number of allylic oxidation sites excluding steroid dienone is 3. The van der Waals surface area contributed by atoms with E-state index in [1.165, 1.54) is 0 Å². The number of carbonyl (C=O) groups excluding carboxylic acids is 2. The molecule has 3 atom stereocenters. The van der Waals surface area contributed by atoms with E-state index in [4.69, 9.17) is 25.8 Å². The summed E-state index contributed by atoms with van der Waals surface area (Å²) in [5.41, 5.74) is 4.22. The molecule has 0 aromatic heterocycles. The number of nitrogens with one attached hydrogen (secondary N) is 1. The Hall–Kier alpha value is -3.25. The summed E-state index contributed by atoms with van der Waals surface area (Å²) in [6.45, 7) is 5.67. The van der Waals surface area contributed by atoms with E-state index in [1.807, 2.05) is 57.2 Å². The molecule has 0 saturated carbocycles. The molecule has 0 saturated heterocycles. The Morgan fingerprint density at radius 2 is 1.83 bits per heavy atom. The summed E-state index contributed by atoms with van der Waals surface area (Å²) in [4.78, 5) is 27.1. The van der Waals surface area contributed by atoms with Crippen LogP contribution in [0.3, 0.4) is 0 Å². The fourth-order valence-corrected chi connectivity index (χ4v) is 5.25. The van der Waals surface area contributed by atoms with Gasteiger partial charge in [0, 0.05) is 34.3 Å². The highest BCUT2D eigenvalue weighted by atomic mass is 35.5. The van der Waals surface area contributed by atoms with E-state index in [2.05, 4.69) is 5.32 Å². The van der Waals surface area contributed by atoms with Crippen molar-refractivity contribution in [3.05, 3.63) is 81.2 Å². The number of ether oxygens (including phenoxy) is 3. The lowest BCUT2D eigenvalue weighted by Crippen LogP contribution is -2.36. The van der Waals surface area contributed by atoms with Gasteiger partial charge in [-0.25, -0.2) is 4.79 Å². The van der Waals surface area contributed by atoms with Crippen molar-refractivity contribution in [2.24, 2.45) is 0 Å². The highest BCUT2D eigenvalue weighted by molar-refractivity contribution is 6.31. The Morgan fingerprint density at radius 1 is 1.11 bits per heavy atom. The monoisotopic (exact) mass is 509 g/mol. The van der Waals surface area contributed by atoms with Gasteiger partial charge in [0.25, 0.3) is 0 Å². The Kier molecular flexibility index (Phi) is 7.74. The van der Waals surface area contributed by atoms with Crippen LogP contribution in [0.25, 0.3) is 0 Å². The Bertz CT molecular complexity index is 1250. The summed E-state index contributed by atoms with van der Waals surface area (Å²) in [5.74, 6) is 0.178. The zero-order chi connectivity index (χ0) is 26.0. The lowest BCUT2D eigenvalue weighted by Gasteiger charge is -2.37. The van der Waals surface area contributed by atoms with Crippen molar-refractivity contribution >= 4 is 23.4 Å². The summed E-state index contributed by atoms with van der Waals surface area (Å²) in [6, 6.07) is 13.1. The molecule has 1 aliphatic carbocycles. The number of ketones is 1. The lowest BCUT2D eigenvalue weighted by molar-refractivity contribution is -0.144. The highest BCUT2D eigenvalue weighted by Crippen LogP contribution is 2.47. The van der Waals surface area contributed by atoms with Gasteiger partial charge in [-0.1, -0.05) is 42.8 Å². The van der Waals surface area contributed by atoms with Gasteiger partial charge in [-0.05, 0) is 61.9 Å². The zero-order valence-corrected chi connectivity index (χ0v) is 22.1. The van der Waals surface area contributed by atoms with Crippen LogP contribution in [-0.2, 0) is 14.3 Å². The molecule has 0 amide bonds. The molecule has 1 aliphatic heterocycles. The molecule has 1 N–H and O–H groups in total. The molecule has 2 aliphatic rings. The predicted molar refractivity (Wildman–Crippen MR) is 139 cm³/mol. The molecule has 7 heteroatoms. The molecular formula is C29H32ClNO5. The van der Waals surface area contributed by atoms with Crippen LogP contribution in [0.1, 0.15) is 63.0 Å². The third-order valence-corrected chi connectivity index (χ3v) is 7.37. The van der Waals surface area contributed by atoms with Gasteiger partial charge < -0.3 is 19.5 Å². The van der Waals surface area contributed by atoms with Crippen LogP contribution in [0.2, 0.25) is 5.02 Å². The SMILES string of the molecule is CCC(C)OC(=O)C1=C(C)NC2=C(C(=O)CC(c3ccc(OC)c(OC)c3)C2)C1c1ccccc1Cl. The lowest BCUT2D eigenvalue weighted by atomic mass is 9.71. The molecule has 36 heavy (non-hydrogen) atoms. The van der Waals surface area contributed by atoms with Crippen molar-refractivity contribution in [2.75, 3.05) is 14.2 Å². The van der Waals surface area contributed by atoms with Crippen molar-refractivity contribution in [1.82, 2.24) is 5.32 Å². The van der Waals surface area contributed by atoms with Crippen molar-refractivity contribution in [1.29, 1.82) is 0 Å². The summed E-state index contributed by atoms with van der Waals surface area (Å²) in [5, 5.41) is 3.89. The number of methoxy groups -OCH3 is 2. The largest absolute Gasteiger partial charge is 0.493 e. The first kappa shape index (κ1) is 25.8. The van der Waals surface area contributed by atoms with E-state index < -0.39 is 11.9 Å². The summed E-state index contributed by atoms with van der Waals surface area (Å²) >= 11 is 6.62. The first-order valence-corrected chi connectivity index (χ1v) is 12.6. The van der Waals surface area contributed by atoms with E-state index in [1.54, 1.807) is 20.3 Å². The van der Waals surface area contributed by atoms with Crippen molar-refractivity contribution in [3.8, 4) is 11.5 Å². The first-order valence-electron chi connectivity index (χ1n) is 12.2. The van der Waals surface area contributed by atoms with Crippen LogP contribution in [0.4, 0.5) is 0 Å². The van der Waals surface area contributed by atoms with Crippen LogP contribution in [-0.4, -0.2) is 32.1 Å². The number of Topliss-reactive ketones (excluding diaryl/α,β-unsaturated/α-hetero) is 1. The number of dihydropyridines is 1. The van der Waals surface area contributed by atoms with Crippen LogP contribution >= 0.6 is 11.6 Å². The van der Waals surface area contributed by atoms with Crippen LogP contribution in [0, 0.1) is 0 Å². The zero-order valence-electron chi connectivity index (χ0n) is 21.3. The molecule has 6 nitrogen and oxygen atoms in total. The third kappa shape index (κ3) is 4.87. The van der Waals surface area contributed by atoms with Gasteiger partial charge in [0.2, 0.25) is 0 Å². The van der Waals surface area contributed by atoms with E-state index >= 15 is 0 Å². The van der Waals surface area contributed by atoms with Gasteiger partial charge in [-0.2, -0.15) is 0 Å². The van der Waals surface area contributed by atoms with Crippen molar-refractivity contribution in [2.45, 2.75) is 58.0 Å². The fraction of sp³-hybridized carbons (Fsp3) is 0.379. The summed E-state index contributed by atoms with van der Waals surface area (Å²) in [7, 11) is 3.19. The Labute approximate surface area is 217 Å². The van der Waals surface area contributed by atoms with E-state index in [0.717, 1.165) is 16.8 Å². The van der Waals surface area contributed by atoms with E-state index in [9.17, 15) is 9.59 Å². The normalized spacial score (nSPS) is 20.4. The fourth-order valence-electron chi connectivity index (χ4n) is 5.00. The van der Waals surface area contributed by atoms with E-state index in [-0.39, 0.29) is 17.8 Å². The van der Waals surface area contributed by atoms with Crippen LogP contribution in [0.15, 0.2) is 65.0 Å². The molecule has 0 bridgehead atoms. The van der Waals surface area contributed by atoms with Crippen molar-refractivity contribution < 1.29 is 23.8 Å². The second kappa shape index (κ2) is 10.8. The maximum absolute atomic E-state index is 13.8. The molecule has 190 valence electrons. The molecule has 2 aromatic rings. The Balaban J connectivity index is 1.77. The second-order valence-corrected chi connectivity index (χ2v) is 9.68. The molecule has 4 rings (SSSR count). The minimum Gasteiger partial charge on any atom is -0.493 e. The van der Waals surface area contributed by atoms with Gasteiger partial charge in [0.1, 0.15) is 0 Å². The molecule has 0 fully saturated rings. The maximum atomic E-state index is 13.8. The number of hydrogen-bond acceptors (Lipinski definition) is 6. The average molecular weight is 510 g/mol. The number of hydrogen-bond donors (Lipinski definition) is 1. The smallest absolute Gasteiger partial charge is 0.337 e. The average Bonchev–Trinajstić information content (AvgIpc) is 2.87. The molecule has 2 aromatic carbocycles. The molecule has 1 heterocycles. The first-order chi connectivity index (χ1) is 17.3. The van der Waals surface area contributed by atoms with Crippen LogP contribution < -0.4 is 14.8 Å². The van der Waals surface area contributed by atoms with Gasteiger partial charge in [-0.3, -0.25) is 4.79 Å². The predicted octanol–water partition coefficient (Wildman–Crippen LogP) is 6.06. The maximum Gasteiger partial charge on any atom is 0.337 e. The van der Waals surface area contributed by atoms with Gasteiger partial charge in [-0.15, -0.1) is 0 Å². The second-order valence-electron chi connectivity index (χ2n) is 9.28. The summed E-state index contributed by atoms with van der Waals surface area (Å²) in [6.07, 6.45) is 1.38. The molecule has 3 unspecified atom stereocenters. The summed E-state index contributed by atoms with van der Waals surface area (Å²) < 4.78 is 16.6. The van der Waals surface area contributed by atoms with Gasteiger partial charge in [0.15, 0.2) is 17.3 Å². The Morgan fingerprint density at radius 3 is 2.50 bits per heavy atom. The minimum atomic E-state index is -0.592. The minimum absolute atomic E-state index is 0.0187. The number of benzene rings is 2. The standard InChI is InChI=1S/C29H32ClNO5/c1-6-16(2)36-29(33)26-17(3)31-22-13-19(18-11-12-24(34-4)25(15-18)35-5)14-23(32)28(22)27(26)20-9-7-8-10-21(20)30/h7-12,15-16,19,27,31H,6,13-14H2,1-5H3. The van der Waals surface area contributed by atoms with Gasteiger partial charge >= 0.3 is 5.97 Å². The molecule has 0 radical (unpaired) electrons. The number of rotatable bonds is 7. The quantitative estimate of drug-likeness (QED) is 0.457. The number of esters is 1. The topological polar surface area (TPSA) is 73.9 Å². The van der Waals surface area contributed by atoms with Crippen LogP contribution in [0.5, 0.6) is 11.5 Å². The van der Waals surface area contributed by atoms with E-state index in [0.29, 0.717) is 52.6 Å². The number of carbonyl (C=O) groups is 2. The van der Waals surface area contributed by atoms with Crippen molar-refractivity contribution in [3.63, 3.8) is 0 Å². The molecule has 0 spiro atoms. The highest BCUT2D eigenvalue weighted by Gasteiger charge is 2.42. The molecular weight excluding hydrogens is 478 g/mol. The number of halogens is 1.